The molecule has 1 aliphatic heterocycles. The minimum absolute atomic E-state index is 0.587. The standard InChI is InChI=1S/C12H18BrN3/c1-9-6-4-3-5-7-16(9)12-8-11(13)14-10(2)15-12/h8-9H,3-7H2,1-2H3. The van der Waals surface area contributed by atoms with Gasteiger partial charge in [0.05, 0.1) is 0 Å². The van der Waals surface area contributed by atoms with Crippen LogP contribution in [0.15, 0.2) is 10.7 Å². The summed E-state index contributed by atoms with van der Waals surface area (Å²) in [7, 11) is 0. The van der Waals surface area contributed by atoms with E-state index < -0.39 is 0 Å². The molecule has 0 amide bonds. The van der Waals surface area contributed by atoms with Crippen molar-refractivity contribution in [1.82, 2.24) is 9.97 Å². The molecule has 2 rings (SSSR count). The van der Waals surface area contributed by atoms with Crippen LogP contribution in [0.5, 0.6) is 0 Å². The average molecular weight is 284 g/mol. The maximum absolute atomic E-state index is 4.53. The molecule has 3 nitrogen and oxygen atoms in total. The Morgan fingerprint density at radius 2 is 2.12 bits per heavy atom. The van der Waals surface area contributed by atoms with Crippen molar-refractivity contribution in [3.05, 3.63) is 16.5 Å². The summed E-state index contributed by atoms with van der Waals surface area (Å²) >= 11 is 3.44. The lowest BCUT2D eigenvalue weighted by atomic mass is 10.1. The highest BCUT2D eigenvalue weighted by atomic mass is 79.9. The van der Waals surface area contributed by atoms with E-state index in [0.29, 0.717) is 6.04 Å². The number of anilines is 1. The van der Waals surface area contributed by atoms with Gasteiger partial charge in [-0.25, -0.2) is 9.97 Å². The fourth-order valence-electron chi connectivity index (χ4n) is 2.28. The van der Waals surface area contributed by atoms with Gasteiger partial charge in [-0.2, -0.15) is 0 Å². The van der Waals surface area contributed by atoms with Crippen LogP contribution in [0.1, 0.15) is 38.4 Å². The highest BCUT2D eigenvalue weighted by Crippen LogP contribution is 2.24. The summed E-state index contributed by atoms with van der Waals surface area (Å²) in [6.45, 7) is 5.34. The highest BCUT2D eigenvalue weighted by molar-refractivity contribution is 9.10. The van der Waals surface area contributed by atoms with Crippen LogP contribution in [0.4, 0.5) is 5.82 Å². The van der Waals surface area contributed by atoms with E-state index >= 15 is 0 Å². The molecule has 16 heavy (non-hydrogen) atoms. The molecule has 2 heterocycles. The normalized spacial score (nSPS) is 21.9. The minimum Gasteiger partial charge on any atom is -0.354 e. The van der Waals surface area contributed by atoms with Crippen LogP contribution >= 0.6 is 15.9 Å². The van der Waals surface area contributed by atoms with Crippen LogP contribution in [-0.4, -0.2) is 22.6 Å². The molecule has 1 unspecified atom stereocenters. The molecule has 1 aromatic rings. The second-order valence-corrected chi connectivity index (χ2v) is 5.30. The molecule has 1 atom stereocenters. The van der Waals surface area contributed by atoms with Crippen molar-refractivity contribution < 1.29 is 0 Å². The summed E-state index contributed by atoms with van der Waals surface area (Å²) in [5, 5.41) is 0. The summed E-state index contributed by atoms with van der Waals surface area (Å²) < 4.78 is 0.881. The molecule has 4 heteroatoms. The Kier molecular flexibility index (Phi) is 3.79. The Labute approximate surface area is 105 Å². The molecule has 0 aromatic carbocycles. The van der Waals surface area contributed by atoms with Gasteiger partial charge in [0.15, 0.2) is 0 Å². The van der Waals surface area contributed by atoms with E-state index in [0.717, 1.165) is 22.8 Å². The van der Waals surface area contributed by atoms with E-state index in [1.165, 1.54) is 25.7 Å². The predicted molar refractivity (Wildman–Crippen MR) is 69.7 cm³/mol. The summed E-state index contributed by atoms with van der Waals surface area (Å²) in [4.78, 5) is 11.2. The van der Waals surface area contributed by atoms with E-state index in [1.807, 2.05) is 13.0 Å². The molecule has 1 fully saturated rings. The number of halogens is 1. The second kappa shape index (κ2) is 5.13. The van der Waals surface area contributed by atoms with Crippen molar-refractivity contribution in [2.24, 2.45) is 0 Å². The average Bonchev–Trinajstić information content (AvgIpc) is 2.41. The SMILES string of the molecule is Cc1nc(Br)cc(N2CCCCCC2C)n1. The first-order chi connectivity index (χ1) is 7.66. The van der Waals surface area contributed by atoms with Gasteiger partial charge in [-0.1, -0.05) is 12.8 Å². The Morgan fingerprint density at radius 3 is 2.88 bits per heavy atom. The zero-order valence-electron chi connectivity index (χ0n) is 9.91. The van der Waals surface area contributed by atoms with E-state index in [4.69, 9.17) is 0 Å². The van der Waals surface area contributed by atoms with Crippen LogP contribution in [-0.2, 0) is 0 Å². The van der Waals surface area contributed by atoms with Gasteiger partial charge in [0, 0.05) is 18.7 Å². The number of nitrogens with zero attached hydrogens (tertiary/aromatic N) is 3. The lowest BCUT2D eigenvalue weighted by Crippen LogP contribution is -2.33. The molecule has 1 aromatic heterocycles. The number of aryl methyl sites for hydroxylation is 1. The minimum atomic E-state index is 0.587. The van der Waals surface area contributed by atoms with Crippen LogP contribution in [0.2, 0.25) is 0 Å². The quantitative estimate of drug-likeness (QED) is 0.741. The van der Waals surface area contributed by atoms with Crippen molar-refractivity contribution in [2.45, 2.75) is 45.6 Å². The smallest absolute Gasteiger partial charge is 0.133 e. The van der Waals surface area contributed by atoms with Gasteiger partial charge in [-0.15, -0.1) is 0 Å². The Hall–Kier alpha value is -0.640. The van der Waals surface area contributed by atoms with Gasteiger partial charge in [-0.05, 0) is 42.6 Å². The van der Waals surface area contributed by atoms with Crippen LogP contribution in [0, 0.1) is 6.92 Å². The topological polar surface area (TPSA) is 29.0 Å². The first kappa shape index (κ1) is 11.8. The molecule has 0 radical (unpaired) electrons. The van der Waals surface area contributed by atoms with Gasteiger partial charge in [0.25, 0.3) is 0 Å². The van der Waals surface area contributed by atoms with E-state index in [9.17, 15) is 0 Å². The summed E-state index contributed by atoms with van der Waals surface area (Å²) in [6, 6.07) is 2.61. The van der Waals surface area contributed by atoms with E-state index in [1.54, 1.807) is 0 Å². The third-order valence-electron chi connectivity index (χ3n) is 3.14. The fraction of sp³-hybridized carbons (Fsp3) is 0.667. The van der Waals surface area contributed by atoms with Gasteiger partial charge >= 0.3 is 0 Å². The predicted octanol–water partition coefficient (Wildman–Crippen LogP) is 3.32. The number of aromatic nitrogens is 2. The van der Waals surface area contributed by atoms with Crippen LogP contribution < -0.4 is 4.90 Å². The zero-order valence-corrected chi connectivity index (χ0v) is 11.5. The summed E-state index contributed by atoms with van der Waals surface area (Å²) in [6.07, 6.45) is 5.21. The number of hydrogen-bond acceptors (Lipinski definition) is 3. The Bertz CT molecular complexity index is 347. The van der Waals surface area contributed by atoms with Crippen molar-refractivity contribution in [1.29, 1.82) is 0 Å². The first-order valence-corrected chi connectivity index (χ1v) is 6.74. The highest BCUT2D eigenvalue weighted by Gasteiger charge is 2.18. The second-order valence-electron chi connectivity index (χ2n) is 4.49. The van der Waals surface area contributed by atoms with Crippen molar-refractivity contribution in [3.8, 4) is 0 Å². The molecular weight excluding hydrogens is 266 g/mol. The Morgan fingerprint density at radius 1 is 1.31 bits per heavy atom. The third-order valence-corrected chi connectivity index (χ3v) is 3.55. The van der Waals surface area contributed by atoms with Crippen LogP contribution in [0.25, 0.3) is 0 Å². The number of hydrogen-bond donors (Lipinski definition) is 0. The first-order valence-electron chi connectivity index (χ1n) is 5.94. The lowest BCUT2D eigenvalue weighted by molar-refractivity contribution is 0.609. The molecule has 0 N–H and O–H groups in total. The van der Waals surface area contributed by atoms with Crippen molar-refractivity contribution in [3.63, 3.8) is 0 Å². The van der Waals surface area contributed by atoms with Crippen molar-refractivity contribution >= 4 is 21.7 Å². The zero-order chi connectivity index (χ0) is 11.5. The lowest BCUT2D eigenvalue weighted by Gasteiger charge is -2.28. The van der Waals surface area contributed by atoms with Crippen LogP contribution in [0.3, 0.4) is 0 Å². The van der Waals surface area contributed by atoms with Crippen molar-refractivity contribution in [2.75, 3.05) is 11.4 Å². The Balaban J connectivity index is 2.26. The molecule has 1 saturated heterocycles. The molecule has 1 aliphatic rings. The molecule has 0 spiro atoms. The van der Waals surface area contributed by atoms with Gasteiger partial charge in [0.2, 0.25) is 0 Å². The van der Waals surface area contributed by atoms with Gasteiger partial charge < -0.3 is 4.90 Å². The van der Waals surface area contributed by atoms with Gasteiger partial charge in [0.1, 0.15) is 16.2 Å². The molecule has 0 saturated carbocycles. The number of rotatable bonds is 1. The monoisotopic (exact) mass is 283 g/mol. The maximum Gasteiger partial charge on any atom is 0.133 e. The molecular formula is C12H18BrN3. The van der Waals surface area contributed by atoms with Gasteiger partial charge in [-0.3, -0.25) is 0 Å². The van der Waals surface area contributed by atoms with E-state index in [-0.39, 0.29) is 0 Å². The molecule has 0 bridgehead atoms. The summed E-state index contributed by atoms with van der Waals surface area (Å²) in [5.74, 6) is 1.90. The van der Waals surface area contributed by atoms with E-state index in [2.05, 4.69) is 37.7 Å². The fourth-order valence-corrected chi connectivity index (χ4v) is 2.74. The molecule has 0 aliphatic carbocycles. The molecule has 88 valence electrons. The summed E-state index contributed by atoms with van der Waals surface area (Å²) in [5.41, 5.74) is 0. The maximum atomic E-state index is 4.53. The third kappa shape index (κ3) is 2.73. The largest absolute Gasteiger partial charge is 0.354 e.